The van der Waals surface area contributed by atoms with E-state index >= 15 is 0 Å². The number of H-pyrrole nitrogens is 1. The van der Waals surface area contributed by atoms with Crippen LogP contribution < -0.4 is 36.8 Å². The van der Waals surface area contributed by atoms with Crippen molar-refractivity contribution in [3.05, 3.63) is 11.0 Å². The van der Waals surface area contributed by atoms with Crippen LogP contribution in [0, 0.1) is 4.64 Å². The molecule has 0 spiro atoms. The number of nitrogens with zero attached hydrogens (tertiary/aromatic N) is 3. The molecule has 1 aliphatic heterocycles. The molecule has 3 heterocycles. The van der Waals surface area contributed by atoms with Crippen LogP contribution in [0.2, 0.25) is 0 Å². The Bertz CT molecular complexity index is 1680. The van der Waals surface area contributed by atoms with Crippen molar-refractivity contribution in [3.63, 3.8) is 0 Å². The van der Waals surface area contributed by atoms with Gasteiger partial charge in [0.1, 0.15) is 36.1 Å². The van der Waals surface area contributed by atoms with Gasteiger partial charge in [0.25, 0.3) is 23.5 Å². The summed E-state index contributed by atoms with van der Waals surface area (Å²) >= 11 is 5.12. The topological polar surface area (TPSA) is 401 Å². The fourth-order valence-electron chi connectivity index (χ4n) is 3.88. The molecule has 25 nitrogen and oxygen atoms in total. The molecular formula is C18H26N8O17P3S-3. The number of rotatable bonds is 17. The van der Waals surface area contributed by atoms with Crippen LogP contribution in [0.1, 0.15) is 12.6 Å². The predicted octanol–water partition coefficient (Wildman–Crippen LogP) is -4.80. The minimum Gasteiger partial charge on any atom is -0.756 e. The van der Waals surface area contributed by atoms with Gasteiger partial charge in [0.05, 0.1) is 25.4 Å². The fourth-order valence-corrected chi connectivity index (χ4v) is 7.02. The lowest BCUT2D eigenvalue weighted by Gasteiger charge is -2.33. The Morgan fingerprint density at radius 2 is 1.83 bits per heavy atom. The van der Waals surface area contributed by atoms with Crippen LogP contribution in [0.15, 0.2) is 6.33 Å². The lowest BCUT2D eigenvalue weighted by atomic mass is 10.1. The van der Waals surface area contributed by atoms with Crippen molar-refractivity contribution in [2.75, 3.05) is 32.0 Å². The molecule has 29 heteroatoms. The number of carboxylic acids is 1. The number of phosphoric ester groups is 1. The van der Waals surface area contributed by atoms with E-state index in [0.717, 1.165) is 6.33 Å². The molecule has 0 saturated carbocycles. The van der Waals surface area contributed by atoms with Gasteiger partial charge in [-0.1, -0.05) is 12.2 Å². The van der Waals surface area contributed by atoms with Gasteiger partial charge >= 0.3 is 5.97 Å². The van der Waals surface area contributed by atoms with Gasteiger partial charge in [-0.3, -0.25) is 32.6 Å². The zero-order valence-electron chi connectivity index (χ0n) is 23.3. The number of imidazole rings is 1. The summed E-state index contributed by atoms with van der Waals surface area (Å²) in [6, 6.07) is -1.32. The van der Waals surface area contributed by atoms with Crippen molar-refractivity contribution in [3.8, 4) is 0 Å². The summed E-state index contributed by atoms with van der Waals surface area (Å²) in [6.07, 6.45) is -5.90. The zero-order chi connectivity index (χ0) is 35.3. The molecule has 0 aromatic carbocycles. The number of nitrogen functional groups attached to an aromatic ring is 1. The van der Waals surface area contributed by atoms with Crippen molar-refractivity contribution in [1.29, 1.82) is 0 Å². The van der Waals surface area contributed by atoms with E-state index in [4.69, 9.17) is 43.2 Å². The molecule has 3 rings (SSSR count). The number of phosphoric acid groups is 3. The molecule has 1 aliphatic rings. The van der Waals surface area contributed by atoms with Gasteiger partial charge in [-0.2, -0.15) is 0 Å². The first kappa shape index (κ1) is 38.7. The van der Waals surface area contributed by atoms with Gasteiger partial charge in [0, 0.05) is 13.1 Å². The average Bonchev–Trinajstić information content (AvgIpc) is 3.46. The van der Waals surface area contributed by atoms with Crippen LogP contribution in [0.3, 0.4) is 0 Å². The molecular weight excluding hydrogens is 725 g/mol. The summed E-state index contributed by atoms with van der Waals surface area (Å²) in [6.45, 7) is -2.23. The van der Waals surface area contributed by atoms with Crippen molar-refractivity contribution < 1.29 is 80.5 Å². The number of aromatic amines is 1. The van der Waals surface area contributed by atoms with E-state index in [9.17, 15) is 47.9 Å². The zero-order valence-corrected chi connectivity index (χ0v) is 26.8. The van der Waals surface area contributed by atoms with E-state index in [-0.39, 0.29) is 34.8 Å². The molecule has 1 saturated heterocycles. The second-order valence-corrected chi connectivity index (χ2v) is 14.0. The number of carbonyl (C=O) groups excluding carboxylic acids is 2. The molecule has 0 aliphatic carbocycles. The Morgan fingerprint density at radius 3 is 2.47 bits per heavy atom. The number of hydrogen-bond donors (Lipinski definition) is 8. The standard InChI is InChI=1S/C18H29N8O17P3S/c19-7(3-10(28)29)15(31)22-2-1-21-9(27)5-39-13-12(30)8(4-40-45(35,36)43-46(37,38)42-44(32,33)34)41-17(13)26-6-23-11-14(26)24-18(20)25-16(11)47/h6-8,12-13,17,30H,1-5,19H2,(H,21,27)(H,22,31)(H,28,29)(H,35,36)(H,37,38)(H2,32,33,34)(H3,20,24,25,47)/p-3/t7?,8-,12+,13?,17-/m1/s1. The normalized spacial score (nSPS) is 24.1. The number of hydrogen-bond acceptors (Lipinski definition) is 20. The summed E-state index contributed by atoms with van der Waals surface area (Å²) in [5.41, 5.74) is 11.3. The summed E-state index contributed by atoms with van der Waals surface area (Å²) < 4.78 is 57.7. The van der Waals surface area contributed by atoms with Crippen LogP contribution >= 0.6 is 35.7 Å². The Balaban J connectivity index is 1.70. The maximum absolute atomic E-state index is 12.4. The number of nitrogens with two attached hydrogens (primary N) is 2. The molecule has 2 aromatic rings. The molecule has 10 N–H and O–H groups in total. The van der Waals surface area contributed by atoms with Gasteiger partial charge in [0.15, 0.2) is 16.8 Å². The molecule has 47 heavy (non-hydrogen) atoms. The first-order valence-corrected chi connectivity index (χ1v) is 17.4. The fraction of sp³-hybridized carbons (Fsp3) is 0.556. The third-order valence-corrected chi connectivity index (χ3v) is 9.71. The highest BCUT2D eigenvalue weighted by Gasteiger charge is 2.47. The number of aliphatic carboxylic acids is 1. The summed E-state index contributed by atoms with van der Waals surface area (Å²) in [4.78, 5) is 88.1. The van der Waals surface area contributed by atoms with Crippen molar-refractivity contribution >= 4 is 70.6 Å². The molecule has 264 valence electrons. The molecule has 2 amide bonds. The Hall–Kier alpha value is -2.77. The molecule has 0 bridgehead atoms. The number of amides is 2. The number of aliphatic hydroxyl groups excluding tert-OH is 1. The lowest BCUT2D eigenvalue weighted by Crippen LogP contribution is -2.45. The highest BCUT2D eigenvalue weighted by molar-refractivity contribution is 7.71. The number of aliphatic hydroxyl groups is 1. The van der Waals surface area contributed by atoms with Crippen LogP contribution in [0.4, 0.5) is 5.95 Å². The van der Waals surface area contributed by atoms with Crippen molar-refractivity contribution in [2.24, 2.45) is 5.73 Å². The van der Waals surface area contributed by atoms with Gasteiger partial charge in [-0.25, -0.2) is 18.6 Å². The van der Waals surface area contributed by atoms with E-state index in [1.165, 1.54) is 4.57 Å². The van der Waals surface area contributed by atoms with E-state index in [1.807, 2.05) is 0 Å². The first-order chi connectivity index (χ1) is 21.7. The van der Waals surface area contributed by atoms with Crippen molar-refractivity contribution in [1.82, 2.24) is 30.2 Å². The van der Waals surface area contributed by atoms with Crippen LogP contribution in [-0.2, 0) is 50.7 Å². The molecule has 2 aromatic heterocycles. The lowest BCUT2D eigenvalue weighted by molar-refractivity contribution is -0.250. The van der Waals surface area contributed by atoms with E-state index in [2.05, 4.69) is 38.7 Å². The number of carbonyl (C=O) groups is 3. The second-order valence-electron chi connectivity index (χ2n) is 9.27. The largest absolute Gasteiger partial charge is 0.756 e. The van der Waals surface area contributed by atoms with Crippen LogP contribution in [0.25, 0.3) is 11.2 Å². The highest BCUT2D eigenvalue weighted by Crippen LogP contribution is 2.61. The van der Waals surface area contributed by atoms with E-state index in [1.54, 1.807) is 0 Å². The molecule has 1 fully saturated rings. The highest BCUT2D eigenvalue weighted by atomic mass is 32.1. The van der Waals surface area contributed by atoms with Gasteiger partial charge in [-0.15, -0.1) is 0 Å². The molecule has 5 unspecified atom stereocenters. The van der Waals surface area contributed by atoms with Gasteiger partial charge < -0.3 is 70.9 Å². The monoisotopic (exact) mass is 751 g/mol. The minimum absolute atomic E-state index is 0.0412. The van der Waals surface area contributed by atoms with E-state index < -0.39 is 91.5 Å². The SMILES string of the molecule is Nc1nc(=S)c2ncn([C@@H]3O[C@H](COP(=O)([O-])OP(=O)([O-])OP(=O)([O-])O)[C@H](O)C3OCC(=O)NCCNC(=O)C(N)CC(=O)O)c2[nH]1. The Morgan fingerprint density at radius 1 is 1.17 bits per heavy atom. The molecule has 8 atom stereocenters. The summed E-state index contributed by atoms with van der Waals surface area (Å²) in [5, 5.41) is 24.3. The summed E-state index contributed by atoms with van der Waals surface area (Å²) in [7, 11) is -18.1. The Labute approximate surface area is 267 Å². The predicted molar refractivity (Wildman–Crippen MR) is 146 cm³/mol. The number of aromatic nitrogens is 4. The third-order valence-electron chi connectivity index (χ3n) is 5.74. The van der Waals surface area contributed by atoms with Crippen molar-refractivity contribution in [2.45, 2.75) is 37.0 Å². The number of fused-ring (bicyclic) bond motifs is 1. The Kier molecular flexibility index (Phi) is 12.9. The second kappa shape index (κ2) is 15.6. The number of ether oxygens (including phenoxy) is 2. The molecule has 0 radical (unpaired) electrons. The minimum atomic E-state index is -6.21. The number of anilines is 1. The average molecular weight is 751 g/mol. The van der Waals surface area contributed by atoms with Crippen LogP contribution in [-0.4, -0.2) is 103 Å². The third kappa shape index (κ3) is 11.4. The maximum atomic E-state index is 12.4. The van der Waals surface area contributed by atoms with Gasteiger partial charge in [-0.05, 0) is 0 Å². The number of carboxylic acid groups (broad SMARTS) is 1. The smallest absolute Gasteiger partial charge is 0.305 e. The van der Waals surface area contributed by atoms with Gasteiger partial charge in [0.2, 0.25) is 11.8 Å². The summed E-state index contributed by atoms with van der Waals surface area (Å²) in [5.74, 6) is -3.01. The quantitative estimate of drug-likeness (QED) is 0.0427. The maximum Gasteiger partial charge on any atom is 0.305 e. The first-order valence-electron chi connectivity index (χ1n) is 12.6. The number of nitrogens with one attached hydrogen (secondary N) is 3. The van der Waals surface area contributed by atoms with Crippen LogP contribution in [0.5, 0.6) is 0 Å². The van der Waals surface area contributed by atoms with E-state index in [0.29, 0.717) is 0 Å².